The van der Waals surface area contributed by atoms with Gasteiger partial charge in [-0.1, -0.05) is 0 Å². The van der Waals surface area contributed by atoms with E-state index in [0.29, 0.717) is 6.04 Å². The molecule has 1 saturated heterocycles. The van der Waals surface area contributed by atoms with Crippen molar-refractivity contribution in [2.24, 2.45) is 0 Å². The number of nitrogens with one attached hydrogen (secondary N) is 1. The Bertz CT molecular complexity index is 75.8. The normalized spacial score (nSPS) is 37.5. The molecule has 1 N–H and O–H groups in total. The van der Waals surface area contributed by atoms with Crippen molar-refractivity contribution in [1.82, 2.24) is 10.2 Å². The molecule has 1 aliphatic rings. The fourth-order valence-corrected chi connectivity index (χ4v) is 1.09. The Morgan fingerprint density at radius 3 is 2.12 bits per heavy atom. The van der Waals surface area contributed by atoms with Crippen molar-refractivity contribution in [2.45, 2.75) is 19.0 Å². The zero-order valence-electron chi connectivity index (χ0n) is 5.81. The molecule has 1 heterocycles. The van der Waals surface area contributed by atoms with Gasteiger partial charge in [0.25, 0.3) is 0 Å². The molecule has 0 amide bonds. The summed E-state index contributed by atoms with van der Waals surface area (Å²) in [5.41, 5.74) is 0. The first-order chi connectivity index (χ1) is 3.72. The lowest BCUT2D eigenvalue weighted by atomic mass is 10.0. The van der Waals surface area contributed by atoms with Gasteiger partial charge in [-0.05, 0) is 21.0 Å². The molecule has 1 rings (SSSR count). The standard InChI is InChI=1S/C6H14N2/c1-5-6(4-7-5)8(2)3/h5-7H,4H2,1-3H3/t5?,6-/m0/s1. The zero-order valence-corrected chi connectivity index (χ0v) is 5.81. The van der Waals surface area contributed by atoms with Gasteiger partial charge in [0.15, 0.2) is 0 Å². The topological polar surface area (TPSA) is 15.3 Å². The van der Waals surface area contributed by atoms with Crippen LogP contribution in [0.15, 0.2) is 0 Å². The summed E-state index contributed by atoms with van der Waals surface area (Å²) in [6.07, 6.45) is 0. The molecule has 0 aromatic rings. The fraction of sp³-hybridized carbons (Fsp3) is 1.00. The molecule has 2 atom stereocenters. The Hall–Kier alpha value is -0.0800. The van der Waals surface area contributed by atoms with Gasteiger partial charge in [0.2, 0.25) is 0 Å². The molecule has 0 aromatic heterocycles. The Labute approximate surface area is 50.9 Å². The molecule has 2 nitrogen and oxygen atoms in total. The van der Waals surface area contributed by atoms with Gasteiger partial charge < -0.3 is 10.2 Å². The van der Waals surface area contributed by atoms with Crippen LogP contribution >= 0.6 is 0 Å². The Morgan fingerprint density at radius 1 is 1.50 bits per heavy atom. The Kier molecular flexibility index (Phi) is 1.54. The van der Waals surface area contributed by atoms with Gasteiger partial charge in [-0.25, -0.2) is 0 Å². The molecule has 0 aliphatic carbocycles. The molecule has 0 spiro atoms. The average Bonchev–Trinajstić information content (AvgIpc) is 1.61. The van der Waals surface area contributed by atoms with Crippen LogP contribution in [0.3, 0.4) is 0 Å². The van der Waals surface area contributed by atoms with Crippen LogP contribution in [-0.2, 0) is 0 Å². The summed E-state index contributed by atoms with van der Waals surface area (Å²) >= 11 is 0. The van der Waals surface area contributed by atoms with E-state index in [1.54, 1.807) is 0 Å². The van der Waals surface area contributed by atoms with E-state index < -0.39 is 0 Å². The van der Waals surface area contributed by atoms with Crippen LogP contribution in [0.2, 0.25) is 0 Å². The maximum absolute atomic E-state index is 3.30. The van der Waals surface area contributed by atoms with Crippen molar-refractivity contribution < 1.29 is 0 Å². The van der Waals surface area contributed by atoms with Crippen molar-refractivity contribution >= 4 is 0 Å². The minimum absolute atomic E-state index is 0.699. The molecule has 0 saturated carbocycles. The number of hydrogen-bond acceptors (Lipinski definition) is 2. The van der Waals surface area contributed by atoms with Gasteiger partial charge in [-0.3, -0.25) is 0 Å². The number of hydrogen-bond donors (Lipinski definition) is 1. The summed E-state index contributed by atoms with van der Waals surface area (Å²) < 4.78 is 0. The average molecular weight is 114 g/mol. The van der Waals surface area contributed by atoms with Crippen molar-refractivity contribution in [3.63, 3.8) is 0 Å². The molecule has 48 valence electrons. The fourth-order valence-electron chi connectivity index (χ4n) is 1.09. The minimum atomic E-state index is 0.699. The van der Waals surface area contributed by atoms with Gasteiger partial charge in [-0.15, -0.1) is 0 Å². The molecule has 0 aromatic carbocycles. The maximum atomic E-state index is 3.30. The highest BCUT2D eigenvalue weighted by Crippen LogP contribution is 2.07. The van der Waals surface area contributed by atoms with Crippen molar-refractivity contribution in [2.75, 3.05) is 20.6 Å². The summed E-state index contributed by atoms with van der Waals surface area (Å²) in [5.74, 6) is 0. The summed E-state index contributed by atoms with van der Waals surface area (Å²) in [6.45, 7) is 3.38. The first kappa shape index (κ1) is 6.05. The summed E-state index contributed by atoms with van der Waals surface area (Å²) in [6, 6.07) is 1.47. The molecule has 1 unspecified atom stereocenters. The molecule has 8 heavy (non-hydrogen) atoms. The predicted molar refractivity (Wildman–Crippen MR) is 34.9 cm³/mol. The van der Waals surface area contributed by atoms with Crippen LogP contribution in [-0.4, -0.2) is 37.6 Å². The van der Waals surface area contributed by atoms with Crippen molar-refractivity contribution in [1.29, 1.82) is 0 Å². The molecule has 2 heteroatoms. The lowest BCUT2D eigenvalue weighted by molar-refractivity contribution is 0.159. The van der Waals surface area contributed by atoms with Crippen LogP contribution in [0.1, 0.15) is 6.92 Å². The third-order valence-electron chi connectivity index (χ3n) is 1.89. The first-order valence-corrected chi connectivity index (χ1v) is 3.11. The van der Waals surface area contributed by atoms with E-state index in [1.807, 2.05) is 0 Å². The van der Waals surface area contributed by atoms with Gasteiger partial charge in [-0.2, -0.15) is 0 Å². The minimum Gasteiger partial charge on any atom is -0.311 e. The van der Waals surface area contributed by atoms with E-state index >= 15 is 0 Å². The highest BCUT2D eigenvalue weighted by atomic mass is 15.2. The Balaban J connectivity index is 2.26. The number of likely N-dealkylation sites (N-methyl/N-ethyl adjacent to an activating group) is 1. The first-order valence-electron chi connectivity index (χ1n) is 3.11. The van der Waals surface area contributed by atoms with Crippen molar-refractivity contribution in [3.05, 3.63) is 0 Å². The van der Waals surface area contributed by atoms with Crippen LogP contribution in [0.25, 0.3) is 0 Å². The van der Waals surface area contributed by atoms with Gasteiger partial charge in [0, 0.05) is 18.6 Å². The van der Waals surface area contributed by atoms with Crippen molar-refractivity contribution in [3.8, 4) is 0 Å². The largest absolute Gasteiger partial charge is 0.311 e. The molecular weight excluding hydrogens is 100 g/mol. The predicted octanol–water partition coefficient (Wildman–Crippen LogP) is -0.0917. The smallest absolute Gasteiger partial charge is 0.0365 e. The SMILES string of the molecule is CC1NC[C@@H]1N(C)C. The van der Waals surface area contributed by atoms with E-state index in [2.05, 4.69) is 31.2 Å². The zero-order chi connectivity index (χ0) is 6.15. The third kappa shape index (κ3) is 0.858. The second-order valence-electron chi connectivity index (χ2n) is 2.73. The van der Waals surface area contributed by atoms with E-state index in [4.69, 9.17) is 0 Å². The monoisotopic (exact) mass is 114 g/mol. The summed E-state index contributed by atoms with van der Waals surface area (Å²) in [5, 5.41) is 3.30. The van der Waals surface area contributed by atoms with Gasteiger partial charge in [0.1, 0.15) is 0 Å². The summed E-state index contributed by atoms with van der Waals surface area (Å²) in [4.78, 5) is 2.27. The second kappa shape index (κ2) is 2.03. The number of nitrogens with zero attached hydrogens (tertiary/aromatic N) is 1. The summed E-state index contributed by atoms with van der Waals surface area (Å²) in [7, 11) is 4.25. The van der Waals surface area contributed by atoms with E-state index in [0.717, 1.165) is 12.6 Å². The van der Waals surface area contributed by atoms with Gasteiger partial charge in [0.05, 0.1) is 0 Å². The van der Waals surface area contributed by atoms with E-state index in [-0.39, 0.29) is 0 Å². The lowest BCUT2D eigenvalue weighted by Gasteiger charge is -2.40. The molecule has 0 bridgehead atoms. The quantitative estimate of drug-likeness (QED) is 0.512. The third-order valence-corrected chi connectivity index (χ3v) is 1.89. The van der Waals surface area contributed by atoms with Gasteiger partial charge >= 0.3 is 0 Å². The van der Waals surface area contributed by atoms with Crippen LogP contribution in [0.4, 0.5) is 0 Å². The highest BCUT2D eigenvalue weighted by Gasteiger charge is 2.26. The van der Waals surface area contributed by atoms with E-state index in [9.17, 15) is 0 Å². The van der Waals surface area contributed by atoms with Crippen LogP contribution in [0, 0.1) is 0 Å². The maximum Gasteiger partial charge on any atom is 0.0365 e. The van der Waals surface area contributed by atoms with Crippen LogP contribution < -0.4 is 5.32 Å². The lowest BCUT2D eigenvalue weighted by Crippen LogP contribution is -2.61. The molecule has 1 aliphatic heterocycles. The number of rotatable bonds is 1. The molecular formula is C6H14N2. The molecule has 0 radical (unpaired) electrons. The second-order valence-corrected chi connectivity index (χ2v) is 2.73. The van der Waals surface area contributed by atoms with E-state index in [1.165, 1.54) is 0 Å². The molecule has 1 fully saturated rings. The highest BCUT2D eigenvalue weighted by molar-refractivity contribution is 4.89. The van der Waals surface area contributed by atoms with Crippen LogP contribution in [0.5, 0.6) is 0 Å². The Morgan fingerprint density at radius 2 is 2.12 bits per heavy atom.